The van der Waals surface area contributed by atoms with Crippen LogP contribution in [0.1, 0.15) is 88.1 Å². The number of ether oxygens (including phenoxy) is 1. The first-order chi connectivity index (χ1) is 20.6. The molecule has 6 rings (SSSR count). The van der Waals surface area contributed by atoms with Crippen molar-refractivity contribution in [2.75, 3.05) is 6.61 Å². The fourth-order valence-corrected chi connectivity index (χ4v) is 7.26. The second kappa shape index (κ2) is 12.1. The first-order valence-electron chi connectivity index (χ1n) is 15.5. The van der Waals surface area contributed by atoms with Crippen LogP contribution in [0.2, 0.25) is 0 Å². The van der Waals surface area contributed by atoms with Gasteiger partial charge in [-0.25, -0.2) is 9.78 Å². The van der Waals surface area contributed by atoms with Gasteiger partial charge in [-0.05, 0) is 72.6 Å². The number of carbonyl (C=O) groups is 1. The van der Waals surface area contributed by atoms with Crippen molar-refractivity contribution in [3.05, 3.63) is 75.7 Å². The molecule has 0 radical (unpaired) electrons. The second-order valence-corrected chi connectivity index (χ2v) is 11.7. The zero-order valence-electron chi connectivity index (χ0n) is 24.6. The Morgan fingerprint density at radius 3 is 2.50 bits per heavy atom. The maximum Gasteiger partial charge on any atom is 0.314 e. The van der Waals surface area contributed by atoms with Gasteiger partial charge in [-0.1, -0.05) is 74.7 Å². The number of hydrogen-bond acceptors (Lipinski definition) is 6. The number of benzene rings is 2. The average Bonchev–Trinajstić information content (AvgIpc) is 3.79. The van der Waals surface area contributed by atoms with Gasteiger partial charge in [0.15, 0.2) is 5.82 Å². The highest BCUT2D eigenvalue weighted by molar-refractivity contribution is 5.80. The Balaban J connectivity index is 1.36. The van der Waals surface area contributed by atoms with Gasteiger partial charge in [0.2, 0.25) is 0 Å². The number of rotatable bonds is 10. The summed E-state index contributed by atoms with van der Waals surface area (Å²) in [4.78, 5) is 27.5. The lowest BCUT2D eigenvalue weighted by molar-refractivity contribution is -0.159. The predicted molar refractivity (Wildman–Crippen MR) is 161 cm³/mol. The van der Waals surface area contributed by atoms with Crippen LogP contribution >= 0.6 is 0 Å². The molecule has 0 bridgehead atoms. The molecule has 1 saturated carbocycles. The third-order valence-corrected chi connectivity index (χ3v) is 9.28. The number of tetrazole rings is 1. The highest BCUT2D eigenvalue weighted by Crippen LogP contribution is 2.51. The first kappa shape index (κ1) is 28.1. The average molecular weight is 569 g/mol. The van der Waals surface area contributed by atoms with E-state index in [1.54, 1.807) is 0 Å². The van der Waals surface area contributed by atoms with Crippen molar-refractivity contribution >= 4 is 5.97 Å². The summed E-state index contributed by atoms with van der Waals surface area (Å²) in [5, 5.41) is 14.4. The van der Waals surface area contributed by atoms with E-state index in [1.165, 1.54) is 0 Å². The van der Waals surface area contributed by atoms with Crippen LogP contribution in [0.4, 0.5) is 0 Å². The summed E-state index contributed by atoms with van der Waals surface area (Å²) in [6.45, 7) is 5.15. The van der Waals surface area contributed by atoms with Gasteiger partial charge in [-0.2, -0.15) is 0 Å². The zero-order valence-corrected chi connectivity index (χ0v) is 24.6. The third-order valence-electron chi connectivity index (χ3n) is 9.28. The molecule has 2 aromatic heterocycles. The normalized spacial score (nSPS) is 17.7. The topological polar surface area (TPSA) is 108 Å². The van der Waals surface area contributed by atoms with Crippen molar-refractivity contribution in [2.45, 2.75) is 90.6 Å². The number of aromatic amines is 1. The maximum absolute atomic E-state index is 14.0. The van der Waals surface area contributed by atoms with Gasteiger partial charge in [0.05, 0.1) is 18.1 Å². The molecule has 1 aliphatic heterocycles. The van der Waals surface area contributed by atoms with Crippen molar-refractivity contribution in [3.8, 4) is 22.5 Å². The first-order valence-corrected chi connectivity index (χ1v) is 15.5. The van der Waals surface area contributed by atoms with Gasteiger partial charge in [-0.3, -0.25) is 14.3 Å². The van der Waals surface area contributed by atoms with Gasteiger partial charge < -0.3 is 4.74 Å². The van der Waals surface area contributed by atoms with Gasteiger partial charge >= 0.3 is 5.97 Å². The highest BCUT2D eigenvalue weighted by atomic mass is 16.5. The van der Waals surface area contributed by atoms with E-state index in [9.17, 15) is 9.59 Å². The van der Waals surface area contributed by atoms with E-state index >= 15 is 0 Å². The molecule has 220 valence electrons. The van der Waals surface area contributed by atoms with E-state index in [0.717, 1.165) is 91.3 Å². The quantitative estimate of drug-likeness (QED) is 0.239. The molecule has 9 heteroatoms. The summed E-state index contributed by atoms with van der Waals surface area (Å²) in [5.41, 5.74) is 5.64. The molecule has 0 amide bonds. The van der Waals surface area contributed by atoms with Crippen molar-refractivity contribution < 1.29 is 9.53 Å². The van der Waals surface area contributed by atoms with Crippen molar-refractivity contribution in [1.29, 1.82) is 0 Å². The van der Waals surface area contributed by atoms with Crippen molar-refractivity contribution in [1.82, 2.24) is 30.0 Å². The van der Waals surface area contributed by atoms with E-state index in [4.69, 9.17) is 4.74 Å². The predicted octanol–water partition coefficient (Wildman–Crippen LogP) is 5.89. The largest absolute Gasteiger partial charge is 0.466 e. The number of unbranched alkanes of at least 4 members (excludes halogenated alkanes) is 1. The Kier molecular flexibility index (Phi) is 8.09. The van der Waals surface area contributed by atoms with Crippen LogP contribution in [0, 0.1) is 5.41 Å². The number of H-pyrrole nitrogens is 1. The van der Waals surface area contributed by atoms with E-state index in [-0.39, 0.29) is 17.6 Å². The molecule has 1 fully saturated rings. The fraction of sp³-hybridized carbons (Fsp3) is 0.485. The van der Waals surface area contributed by atoms with Gasteiger partial charge in [0.1, 0.15) is 0 Å². The number of aromatic nitrogens is 6. The molecular weight excluding hydrogens is 528 g/mol. The molecule has 1 N–H and O–H groups in total. The molecule has 2 aliphatic rings. The molecule has 1 unspecified atom stereocenters. The lowest BCUT2D eigenvalue weighted by Crippen LogP contribution is -2.44. The Morgan fingerprint density at radius 1 is 1.05 bits per heavy atom. The van der Waals surface area contributed by atoms with Crippen LogP contribution in [-0.2, 0) is 28.9 Å². The lowest BCUT2D eigenvalue weighted by Gasteiger charge is -2.40. The summed E-state index contributed by atoms with van der Waals surface area (Å²) >= 11 is 0. The van der Waals surface area contributed by atoms with E-state index < -0.39 is 5.41 Å². The molecule has 1 atom stereocenters. The molecule has 9 nitrogen and oxygen atoms in total. The maximum atomic E-state index is 14.0. The Bertz CT molecular complexity index is 1580. The third kappa shape index (κ3) is 4.99. The van der Waals surface area contributed by atoms with Crippen LogP contribution in [0.3, 0.4) is 0 Å². The number of nitrogens with zero attached hydrogens (tertiary/aromatic N) is 5. The van der Waals surface area contributed by atoms with E-state index in [1.807, 2.05) is 29.8 Å². The summed E-state index contributed by atoms with van der Waals surface area (Å²) in [5.74, 6) is 0.544. The standard InChI is InChI=1S/C33H40N6O3/c1-3-5-13-28-27(22-23-15-17-24(18-16-23)25-11-6-7-12-26(25)30-34-36-37-35-30)31(40)38-21-10-14-29(39(28)38)33(19-8-9-20-33)32(41)42-4-2/h6-7,11-12,15-18,29H,3-5,8-10,13-14,19-22H2,1-2H3,(H,34,35,36,37). The van der Waals surface area contributed by atoms with Crippen LogP contribution in [0.25, 0.3) is 22.5 Å². The lowest BCUT2D eigenvalue weighted by atomic mass is 9.75. The summed E-state index contributed by atoms with van der Waals surface area (Å²) in [6.07, 6.45) is 8.97. The molecule has 42 heavy (non-hydrogen) atoms. The fourth-order valence-electron chi connectivity index (χ4n) is 7.26. The molecule has 3 heterocycles. The van der Waals surface area contributed by atoms with E-state index in [2.05, 4.69) is 62.6 Å². The van der Waals surface area contributed by atoms with E-state index in [0.29, 0.717) is 25.4 Å². The molecular formula is C33H40N6O3. The summed E-state index contributed by atoms with van der Waals surface area (Å²) in [7, 11) is 0. The molecule has 0 saturated heterocycles. The molecule has 0 spiro atoms. The number of carbonyl (C=O) groups excluding carboxylic acids is 1. The van der Waals surface area contributed by atoms with Crippen LogP contribution in [-0.4, -0.2) is 42.6 Å². The number of fused-ring (bicyclic) bond motifs is 1. The smallest absolute Gasteiger partial charge is 0.314 e. The van der Waals surface area contributed by atoms with Gasteiger partial charge in [0.25, 0.3) is 5.56 Å². The Hall–Kier alpha value is -4.01. The van der Waals surface area contributed by atoms with Gasteiger partial charge in [0, 0.05) is 29.8 Å². The molecule has 2 aromatic carbocycles. The second-order valence-electron chi connectivity index (χ2n) is 11.7. The number of esters is 1. The highest BCUT2D eigenvalue weighted by Gasteiger charge is 2.51. The molecule has 4 aromatic rings. The number of hydrogen-bond donors (Lipinski definition) is 1. The number of nitrogens with one attached hydrogen (secondary N) is 1. The minimum Gasteiger partial charge on any atom is -0.466 e. The van der Waals surface area contributed by atoms with Crippen LogP contribution in [0.5, 0.6) is 0 Å². The minimum atomic E-state index is -0.546. The van der Waals surface area contributed by atoms with Gasteiger partial charge in [-0.15, -0.1) is 5.10 Å². The Labute approximate surface area is 246 Å². The van der Waals surface area contributed by atoms with Crippen molar-refractivity contribution in [3.63, 3.8) is 0 Å². The molecule has 1 aliphatic carbocycles. The summed E-state index contributed by atoms with van der Waals surface area (Å²) < 4.78 is 9.89. The SMILES string of the molecule is CCCCc1c(Cc2ccc(-c3ccccc3-c3nnn[nH]3)cc2)c(=O)n2n1C(C1(C(=O)OCC)CCCC1)CCC2. The summed E-state index contributed by atoms with van der Waals surface area (Å²) in [6, 6.07) is 16.4. The van der Waals surface area contributed by atoms with Crippen LogP contribution < -0.4 is 5.56 Å². The Morgan fingerprint density at radius 2 is 1.81 bits per heavy atom. The van der Waals surface area contributed by atoms with Crippen LogP contribution in [0.15, 0.2) is 53.3 Å². The minimum absolute atomic E-state index is 0.0365. The zero-order chi connectivity index (χ0) is 29.1. The monoisotopic (exact) mass is 568 g/mol. The van der Waals surface area contributed by atoms with Crippen molar-refractivity contribution in [2.24, 2.45) is 5.41 Å².